The van der Waals surface area contributed by atoms with Crippen LogP contribution in [0.3, 0.4) is 0 Å². The van der Waals surface area contributed by atoms with Gasteiger partial charge in [0, 0.05) is 35.9 Å². The second-order valence-corrected chi connectivity index (χ2v) is 6.99. The van der Waals surface area contributed by atoms with Gasteiger partial charge in [0.05, 0.1) is 0 Å². The maximum absolute atomic E-state index is 2.31. The van der Waals surface area contributed by atoms with E-state index in [4.69, 9.17) is 0 Å². The molecule has 98 valence electrons. The molecule has 0 bridgehead atoms. The Kier molecular flexibility index (Phi) is 3.95. The van der Waals surface area contributed by atoms with Crippen molar-refractivity contribution in [3.8, 4) is 0 Å². The number of hydrogen-bond acceptors (Lipinski definition) is 2. The van der Waals surface area contributed by atoms with E-state index in [0.717, 1.165) is 0 Å². The summed E-state index contributed by atoms with van der Waals surface area (Å²) in [4.78, 5) is 4.56. The Morgan fingerprint density at radius 3 is 1.59 bits per heavy atom. The summed E-state index contributed by atoms with van der Waals surface area (Å²) in [6.45, 7) is 15.8. The number of hydrogen-bond donors (Lipinski definition) is 0. The maximum atomic E-state index is 2.31. The lowest BCUT2D eigenvalue weighted by Crippen LogP contribution is -2.42. The first-order chi connectivity index (χ1) is 7.63. The van der Waals surface area contributed by atoms with Crippen LogP contribution in [-0.4, -0.2) is 20.9 Å². The van der Waals surface area contributed by atoms with Crippen LogP contribution in [0.25, 0.3) is 0 Å². The van der Waals surface area contributed by atoms with E-state index in [9.17, 15) is 0 Å². The summed E-state index contributed by atoms with van der Waals surface area (Å²) in [5.41, 5.74) is 0.340. The van der Waals surface area contributed by atoms with Gasteiger partial charge in [-0.15, -0.1) is 0 Å². The minimum absolute atomic E-state index is 0.154. The van der Waals surface area contributed by atoms with Gasteiger partial charge in [0.1, 0.15) is 0 Å². The molecule has 0 unspecified atom stereocenters. The molecule has 0 aromatic rings. The Bertz CT molecular complexity index is 291. The van der Waals surface area contributed by atoms with E-state index in [0.29, 0.717) is 5.92 Å². The van der Waals surface area contributed by atoms with E-state index in [-0.39, 0.29) is 11.1 Å². The molecule has 0 N–H and O–H groups in total. The molecule has 0 aromatic heterocycles. The lowest BCUT2D eigenvalue weighted by Gasteiger charge is -2.41. The van der Waals surface area contributed by atoms with E-state index in [2.05, 4.69) is 83.1 Å². The molecule has 1 aliphatic rings. The molecule has 0 aliphatic carbocycles. The molecule has 1 heterocycles. The average Bonchev–Trinajstić information content (AvgIpc) is 2.14. The number of rotatable bonds is 3. The Morgan fingerprint density at radius 1 is 0.824 bits per heavy atom. The van der Waals surface area contributed by atoms with Crippen molar-refractivity contribution in [1.29, 1.82) is 0 Å². The van der Waals surface area contributed by atoms with Crippen LogP contribution in [-0.2, 0) is 0 Å². The molecule has 0 radical (unpaired) electrons. The van der Waals surface area contributed by atoms with Gasteiger partial charge in [-0.3, -0.25) is 0 Å². The van der Waals surface area contributed by atoms with Crippen molar-refractivity contribution in [2.45, 2.75) is 66.0 Å². The molecule has 0 amide bonds. The Hall–Kier alpha value is -0.920. The van der Waals surface area contributed by atoms with E-state index in [1.54, 1.807) is 0 Å². The summed E-state index contributed by atoms with van der Waals surface area (Å²) in [5, 5.41) is 0. The minimum Gasteiger partial charge on any atom is -0.346 e. The van der Waals surface area contributed by atoms with Crippen molar-refractivity contribution in [3.63, 3.8) is 0 Å². The molecule has 1 aliphatic heterocycles. The molecular weight excluding hydrogens is 208 g/mol. The molecule has 1 rings (SSSR count). The topological polar surface area (TPSA) is 6.48 Å². The highest BCUT2D eigenvalue weighted by molar-refractivity contribution is 5.08. The fraction of sp³-hybridized carbons (Fsp3) is 0.733. The molecule has 0 spiro atoms. The van der Waals surface area contributed by atoms with Gasteiger partial charge in [-0.25, -0.2) is 0 Å². The monoisotopic (exact) mass is 236 g/mol. The first kappa shape index (κ1) is 14.1. The van der Waals surface area contributed by atoms with E-state index >= 15 is 0 Å². The predicted octanol–water partition coefficient (Wildman–Crippen LogP) is 4.17. The lowest BCUT2D eigenvalue weighted by atomic mass is 9.91. The number of nitrogens with zero attached hydrogens (tertiary/aromatic N) is 2. The molecule has 0 atom stereocenters. The molecular formula is C15H28N2. The van der Waals surface area contributed by atoms with E-state index < -0.39 is 0 Å². The summed E-state index contributed by atoms with van der Waals surface area (Å²) in [5.74, 6) is 0.715. The van der Waals surface area contributed by atoms with Gasteiger partial charge in [-0.2, -0.15) is 0 Å². The van der Waals surface area contributed by atoms with Gasteiger partial charge in [-0.05, 0) is 47.0 Å². The van der Waals surface area contributed by atoms with Gasteiger partial charge in [-0.1, -0.05) is 13.8 Å². The smallest absolute Gasteiger partial charge is 0.0387 e. The zero-order valence-electron chi connectivity index (χ0n) is 12.5. The van der Waals surface area contributed by atoms with Crippen LogP contribution >= 0.6 is 0 Å². The van der Waals surface area contributed by atoms with Crippen LogP contribution in [0.5, 0.6) is 0 Å². The fourth-order valence-corrected chi connectivity index (χ4v) is 2.34. The molecule has 2 nitrogen and oxygen atoms in total. The normalized spacial score (nSPS) is 17.2. The molecule has 2 heteroatoms. The summed E-state index contributed by atoms with van der Waals surface area (Å²) in [6.07, 6.45) is 9.91. The van der Waals surface area contributed by atoms with Gasteiger partial charge in [0.15, 0.2) is 0 Å². The van der Waals surface area contributed by atoms with E-state index in [1.807, 2.05) is 0 Å². The zero-order valence-corrected chi connectivity index (χ0v) is 12.5. The van der Waals surface area contributed by atoms with Crippen LogP contribution in [0.2, 0.25) is 0 Å². The van der Waals surface area contributed by atoms with Crippen LogP contribution in [0.1, 0.15) is 54.9 Å². The Labute approximate surface area is 107 Å². The third-order valence-electron chi connectivity index (χ3n) is 3.16. The van der Waals surface area contributed by atoms with Gasteiger partial charge in [0.25, 0.3) is 0 Å². The second kappa shape index (κ2) is 4.75. The van der Waals surface area contributed by atoms with Crippen LogP contribution in [0, 0.1) is 5.92 Å². The first-order valence-corrected chi connectivity index (χ1v) is 6.56. The Balaban J connectivity index is 2.71. The third kappa shape index (κ3) is 3.79. The summed E-state index contributed by atoms with van der Waals surface area (Å²) in [7, 11) is 0. The Morgan fingerprint density at radius 2 is 1.24 bits per heavy atom. The third-order valence-corrected chi connectivity index (χ3v) is 3.16. The standard InChI is InChI=1S/C15H28N2/c1-13(2)12-15(6,7)17-10-8-16(9-11-17)14(3,4)5/h8-11,13H,12H2,1-7H3. The summed E-state index contributed by atoms with van der Waals surface area (Å²) >= 11 is 0. The highest BCUT2D eigenvalue weighted by Gasteiger charge is 2.26. The average molecular weight is 236 g/mol. The predicted molar refractivity (Wildman–Crippen MR) is 75.2 cm³/mol. The summed E-state index contributed by atoms with van der Waals surface area (Å²) in [6, 6.07) is 0. The van der Waals surface area contributed by atoms with Crippen LogP contribution < -0.4 is 0 Å². The minimum atomic E-state index is 0.154. The van der Waals surface area contributed by atoms with Crippen molar-refractivity contribution < 1.29 is 0 Å². The van der Waals surface area contributed by atoms with Gasteiger partial charge < -0.3 is 9.80 Å². The van der Waals surface area contributed by atoms with E-state index in [1.165, 1.54) is 6.42 Å². The molecule has 0 saturated carbocycles. The van der Waals surface area contributed by atoms with Crippen molar-refractivity contribution in [2.24, 2.45) is 5.92 Å². The molecule has 0 saturated heterocycles. The maximum Gasteiger partial charge on any atom is 0.0387 e. The van der Waals surface area contributed by atoms with Crippen molar-refractivity contribution in [1.82, 2.24) is 9.80 Å². The highest BCUT2D eigenvalue weighted by atomic mass is 15.2. The molecule has 0 aromatic carbocycles. The van der Waals surface area contributed by atoms with Crippen molar-refractivity contribution in [2.75, 3.05) is 0 Å². The summed E-state index contributed by atoms with van der Waals surface area (Å²) < 4.78 is 0. The van der Waals surface area contributed by atoms with Crippen molar-refractivity contribution >= 4 is 0 Å². The highest BCUT2D eigenvalue weighted by Crippen LogP contribution is 2.27. The second-order valence-electron chi connectivity index (χ2n) is 6.99. The van der Waals surface area contributed by atoms with Crippen LogP contribution in [0.15, 0.2) is 24.8 Å². The first-order valence-electron chi connectivity index (χ1n) is 6.56. The van der Waals surface area contributed by atoms with Crippen LogP contribution in [0.4, 0.5) is 0 Å². The quantitative estimate of drug-likeness (QED) is 0.725. The largest absolute Gasteiger partial charge is 0.346 e. The SMILES string of the molecule is CC(C)CC(C)(C)N1C=CN(C(C)(C)C)C=C1. The van der Waals surface area contributed by atoms with Gasteiger partial charge in [0.2, 0.25) is 0 Å². The van der Waals surface area contributed by atoms with Gasteiger partial charge >= 0.3 is 0 Å². The zero-order chi connectivity index (χ0) is 13.3. The molecule has 0 fully saturated rings. The molecule has 17 heavy (non-hydrogen) atoms. The fourth-order valence-electron chi connectivity index (χ4n) is 2.34. The lowest BCUT2D eigenvalue weighted by molar-refractivity contribution is 0.186. The van der Waals surface area contributed by atoms with Crippen molar-refractivity contribution in [3.05, 3.63) is 24.8 Å².